The van der Waals surface area contributed by atoms with Crippen molar-refractivity contribution in [2.45, 2.75) is 38.9 Å². The summed E-state index contributed by atoms with van der Waals surface area (Å²) in [4.78, 5) is 15.3. The van der Waals surface area contributed by atoms with Gasteiger partial charge in [-0.2, -0.15) is 13.2 Å². The van der Waals surface area contributed by atoms with Crippen molar-refractivity contribution >= 4 is 22.6 Å². The fourth-order valence-electron chi connectivity index (χ4n) is 4.11. The van der Waals surface area contributed by atoms with Crippen molar-refractivity contribution in [2.75, 3.05) is 18.4 Å². The zero-order valence-corrected chi connectivity index (χ0v) is 17.1. The van der Waals surface area contributed by atoms with Gasteiger partial charge in [-0.25, -0.2) is 0 Å². The lowest BCUT2D eigenvalue weighted by Crippen LogP contribution is -2.29. The Morgan fingerprint density at radius 1 is 1.16 bits per heavy atom. The predicted octanol–water partition coefficient (Wildman–Crippen LogP) is 5.70. The summed E-state index contributed by atoms with van der Waals surface area (Å²) >= 11 is 0. The third-order valence-electron chi connectivity index (χ3n) is 5.62. The molecule has 1 saturated heterocycles. The first-order valence-electron chi connectivity index (χ1n) is 10.2. The molecule has 4 rings (SSSR count). The van der Waals surface area contributed by atoms with Crippen molar-refractivity contribution in [2.24, 2.45) is 0 Å². The molecule has 5 nitrogen and oxygen atoms in total. The number of phenolic OH excluding ortho intramolecular Hbond substituents is 1. The average Bonchev–Trinajstić information content (AvgIpc) is 3.07. The number of furan rings is 1. The number of carbonyl (C=O) groups is 1. The number of phenols is 1. The molecule has 0 unspecified atom stereocenters. The van der Waals surface area contributed by atoms with Crippen LogP contribution < -0.4 is 5.32 Å². The van der Waals surface area contributed by atoms with Crippen LogP contribution in [0.25, 0.3) is 11.0 Å². The van der Waals surface area contributed by atoms with Gasteiger partial charge in [-0.15, -0.1) is 0 Å². The van der Waals surface area contributed by atoms with Gasteiger partial charge in [0.05, 0.1) is 11.1 Å². The maximum atomic E-state index is 13.1. The van der Waals surface area contributed by atoms with Gasteiger partial charge in [0.15, 0.2) is 0 Å². The number of nitrogens with zero attached hydrogens (tertiary/aromatic N) is 1. The van der Waals surface area contributed by atoms with Gasteiger partial charge < -0.3 is 14.8 Å². The largest absolute Gasteiger partial charge is 0.508 e. The van der Waals surface area contributed by atoms with Gasteiger partial charge in [0, 0.05) is 23.2 Å². The Bertz CT molecular complexity index is 1120. The minimum Gasteiger partial charge on any atom is -0.508 e. The van der Waals surface area contributed by atoms with Crippen LogP contribution in [-0.2, 0) is 12.7 Å². The van der Waals surface area contributed by atoms with Crippen LogP contribution in [-0.4, -0.2) is 29.0 Å². The number of piperidine rings is 1. The molecule has 1 aromatic heterocycles. The number of likely N-dealkylation sites (tertiary alicyclic amines) is 1. The zero-order valence-electron chi connectivity index (χ0n) is 17.1. The quantitative estimate of drug-likeness (QED) is 0.555. The first-order chi connectivity index (χ1) is 14.7. The van der Waals surface area contributed by atoms with E-state index in [4.69, 9.17) is 4.42 Å². The van der Waals surface area contributed by atoms with Crippen molar-refractivity contribution in [3.05, 3.63) is 58.8 Å². The van der Waals surface area contributed by atoms with Crippen molar-refractivity contribution in [3.63, 3.8) is 0 Å². The van der Waals surface area contributed by atoms with Crippen LogP contribution >= 0.6 is 0 Å². The van der Waals surface area contributed by atoms with Crippen molar-refractivity contribution < 1.29 is 27.5 Å². The lowest BCUT2D eigenvalue weighted by molar-refractivity contribution is -0.137. The third-order valence-corrected chi connectivity index (χ3v) is 5.62. The number of anilines is 1. The minimum atomic E-state index is -4.51. The van der Waals surface area contributed by atoms with Gasteiger partial charge >= 0.3 is 6.18 Å². The number of fused-ring (bicyclic) bond motifs is 1. The first kappa shape index (κ1) is 21.2. The highest BCUT2D eigenvalue weighted by Gasteiger charge is 2.31. The van der Waals surface area contributed by atoms with Crippen LogP contribution in [0.1, 0.15) is 46.5 Å². The topological polar surface area (TPSA) is 65.7 Å². The Kier molecular flexibility index (Phi) is 5.66. The Labute approximate surface area is 177 Å². The summed E-state index contributed by atoms with van der Waals surface area (Å²) in [5.74, 6) is -0.182. The normalized spacial score (nSPS) is 15.4. The molecule has 3 aromatic rings. The lowest BCUT2D eigenvalue weighted by Gasteiger charge is -2.27. The minimum absolute atomic E-state index is 0.0336. The molecule has 164 valence electrons. The second-order valence-corrected chi connectivity index (χ2v) is 7.84. The van der Waals surface area contributed by atoms with Crippen LogP contribution in [0.2, 0.25) is 0 Å². The van der Waals surface area contributed by atoms with E-state index in [2.05, 4.69) is 10.2 Å². The Hall–Kier alpha value is -3.00. The highest BCUT2D eigenvalue weighted by molar-refractivity contribution is 6.14. The molecule has 8 heteroatoms. The van der Waals surface area contributed by atoms with Gasteiger partial charge in [0.1, 0.15) is 17.1 Å². The van der Waals surface area contributed by atoms with E-state index in [1.54, 1.807) is 19.1 Å². The summed E-state index contributed by atoms with van der Waals surface area (Å²) < 4.78 is 44.8. The summed E-state index contributed by atoms with van der Waals surface area (Å²) in [5, 5.41) is 13.6. The maximum absolute atomic E-state index is 13.1. The monoisotopic (exact) mass is 432 g/mol. The van der Waals surface area contributed by atoms with E-state index in [1.807, 2.05) is 0 Å². The van der Waals surface area contributed by atoms with Crippen LogP contribution in [0.5, 0.6) is 5.75 Å². The van der Waals surface area contributed by atoms with Crippen LogP contribution in [0.3, 0.4) is 0 Å². The molecule has 0 saturated carbocycles. The Balaban J connectivity index is 1.71. The maximum Gasteiger partial charge on any atom is 0.416 e. The average molecular weight is 432 g/mol. The molecule has 1 amide bonds. The van der Waals surface area contributed by atoms with Crippen molar-refractivity contribution in [1.82, 2.24) is 4.90 Å². The number of aryl methyl sites for hydroxylation is 1. The molecule has 2 aromatic carbocycles. The summed E-state index contributed by atoms with van der Waals surface area (Å²) in [6, 6.07) is 7.62. The molecule has 0 spiro atoms. The molecular formula is C23H23F3N2O3. The van der Waals surface area contributed by atoms with Gasteiger partial charge in [-0.1, -0.05) is 12.5 Å². The fourth-order valence-corrected chi connectivity index (χ4v) is 4.11. The molecule has 31 heavy (non-hydrogen) atoms. The van der Waals surface area contributed by atoms with E-state index in [0.29, 0.717) is 28.8 Å². The van der Waals surface area contributed by atoms with E-state index < -0.39 is 17.6 Å². The van der Waals surface area contributed by atoms with Crippen molar-refractivity contribution in [3.8, 4) is 5.75 Å². The predicted molar refractivity (Wildman–Crippen MR) is 111 cm³/mol. The number of benzene rings is 2. The van der Waals surface area contributed by atoms with Crippen molar-refractivity contribution in [1.29, 1.82) is 0 Å². The molecule has 1 aliphatic heterocycles. The first-order valence-corrected chi connectivity index (χ1v) is 10.2. The number of amides is 1. The standard InChI is InChI=1S/C23H23F3N2O3/c1-14-20(22(30)27-16-7-5-6-15(12-16)23(24,25)26)21-17(13-28-10-3-2-4-11-28)18(29)8-9-19(21)31-14/h5-9,12,29H,2-4,10-11,13H2,1H3,(H,27,30). The molecule has 0 bridgehead atoms. The smallest absolute Gasteiger partial charge is 0.416 e. The Morgan fingerprint density at radius 2 is 1.90 bits per heavy atom. The van der Waals surface area contributed by atoms with E-state index in [9.17, 15) is 23.1 Å². The van der Waals surface area contributed by atoms with Crippen LogP contribution in [0.15, 0.2) is 40.8 Å². The SMILES string of the molecule is Cc1oc2ccc(O)c(CN3CCCCC3)c2c1C(=O)Nc1cccc(C(F)(F)F)c1. The lowest BCUT2D eigenvalue weighted by atomic mass is 10.0. The molecule has 2 heterocycles. The second kappa shape index (κ2) is 8.26. The van der Waals surface area contributed by atoms with Crippen LogP contribution in [0.4, 0.5) is 18.9 Å². The number of alkyl halides is 3. The molecule has 1 aliphatic rings. The number of aromatic hydroxyl groups is 1. The number of nitrogens with one attached hydrogen (secondary N) is 1. The molecule has 2 N–H and O–H groups in total. The third kappa shape index (κ3) is 4.39. The van der Waals surface area contributed by atoms with E-state index in [1.165, 1.54) is 18.6 Å². The van der Waals surface area contributed by atoms with E-state index >= 15 is 0 Å². The highest BCUT2D eigenvalue weighted by atomic mass is 19.4. The van der Waals surface area contributed by atoms with Gasteiger partial charge in [0.2, 0.25) is 0 Å². The van der Waals surface area contributed by atoms with Gasteiger partial charge in [-0.3, -0.25) is 9.69 Å². The molecular weight excluding hydrogens is 409 g/mol. The molecule has 0 atom stereocenters. The second-order valence-electron chi connectivity index (χ2n) is 7.84. The summed E-state index contributed by atoms with van der Waals surface area (Å²) in [6.45, 7) is 3.89. The number of rotatable bonds is 4. The Morgan fingerprint density at radius 3 is 2.61 bits per heavy atom. The zero-order chi connectivity index (χ0) is 22.2. The number of halogens is 3. The number of hydrogen-bond acceptors (Lipinski definition) is 4. The summed E-state index contributed by atoms with van der Waals surface area (Å²) in [6.07, 6.45) is -1.19. The fraction of sp³-hybridized carbons (Fsp3) is 0.348. The highest BCUT2D eigenvalue weighted by Crippen LogP contribution is 2.36. The summed E-state index contributed by atoms with van der Waals surface area (Å²) in [7, 11) is 0. The summed E-state index contributed by atoms with van der Waals surface area (Å²) in [5.41, 5.74) is 0.450. The number of hydrogen-bond donors (Lipinski definition) is 2. The van der Waals surface area contributed by atoms with E-state index in [-0.39, 0.29) is 17.0 Å². The number of carbonyl (C=O) groups excluding carboxylic acids is 1. The molecule has 0 aliphatic carbocycles. The van der Waals surface area contributed by atoms with Crippen LogP contribution in [0, 0.1) is 6.92 Å². The molecule has 1 fully saturated rings. The van der Waals surface area contributed by atoms with Gasteiger partial charge in [-0.05, 0) is 63.2 Å². The molecule has 0 radical (unpaired) electrons. The van der Waals surface area contributed by atoms with Gasteiger partial charge in [0.25, 0.3) is 5.91 Å². The van der Waals surface area contributed by atoms with E-state index in [0.717, 1.165) is 38.1 Å².